The molecule has 1 atom stereocenters. The first-order chi connectivity index (χ1) is 11.5. The summed E-state index contributed by atoms with van der Waals surface area (Å²) < 4.78 is 3.59. The van der Waals surface area contributed by atoms with Crippen molar-refractivity contribution in [2.75, 3.05) is 13.1 Å². The molecule has 0 aromatic carbocycles. The Hall–Kier alpha value is -1.55. The third kappa shape index (κ3) is 4.35. The highest BCUT2D eigenvalue weighted by molar-refractivity contribution is 7.07. The SMILES string of the molecule is Cl.Cn1ccsc1=NC(=O)CC1(C(=O)N=c2sccn2C)CCNC1. The maximum absolute atomic E-state index is 12.8. The van der Waals surface area contributed by atoms with E-state index < -0.39 is 5.41 Å². The van der Waals surface area contributed by atoms with Crippen molar-refractivity contribution in [2.45, 2.75) is 12.8 Å². The van der Waals surface area contributed by atoms with Crippen LogP contribution < -0.4 is 14.9 Å². The van der Waals surface area contributed by atoms with E-state index in [1.165, 1.54) is 22.7 Å². The minimum atomic E-state index is -0.798. The molecule has 1 aliphatic heterocycles. The van der Waals surface area contributed by atoms with Gasteiger partial charge in [-0.2, -0.15) is 9.98 Å². The normalized spacial score (nSPS) is 21.4. The van der Waals surface area contributed by atoms with Crippen LogP contribution in [-0.4, -0.2) is 34.0 Å². The lowest BCUT2D eigenvalue weighted by Crippen LogP contribution is -2.36. The Morgan fingerprint density at radius 3 is 2.24 bits per heavy atom. The largest absolute Gasteiger partial charge is 0.327 e. The van der Waals surface area contributed by atoms with Crippen LogP contribution >= 0.6 is 35.1 Å². The predicted molar refractivity (Wildman–Crippen MR) is 99.5 cm³/mol. The first kappa shape index (κ1) is 19.8. The predicted octanol–water partition coefficient (Wildman–Crippen LogP) is 0.833. The minimum absolute atomic E-state index is 0. The highest BCUT2D eigenvalue weighted by Gasteiger charge is 2.43. The second kappa shape index (κ2) is 8.22. The molecule has 1 unspecified atom stereocenters. The van der Waals surface area contributed by atoms with Crippen LogP contribution in [0.3, 0.4) is 0 Å². The lowest BCUT2D eigenvalue weighted by molar-refractivity contribution is -0.132. The summed E-state index contributed by atoms with van der Waals surface area (Å²) in [7, 11) is 3.69. The minimum Gasteiger partial charge on any atom is -0.327 e. The maximum Gasteiger partial charge on any atom is 0.256 e. The second-order valence-electron chi connectivity index (χ2n) is 5.90. The Morgan fingerprint density at radius 1 is 1.16 bits per heavy atom. The topological polar surface area (TPSA) is 80.8 Å². The highest BCUT2D eigenvalue weighted by Crippen LogP contribution is 2.31. The first-order valence-corrected chi connectivity index (χ1v) is 9.34. The fourth-order valence-corrected chi connectivity index (χ4v) is 4.14. The molecule has 0 radical (unpaired) electrons. The van der Waals surface area contributed by atoms with E-state index in [4.69, 9.17) is 0 Å². The Bertz CT molecular complexity index is 886. The Balaban J connectivity index is 0.00000225. The molecule has 2 amide bonds. The van der Waals surface area contributed by atoms with Crippen molar-refractivity contribution >= 4 is 46.9 Å². The molecule has 1 N–H and O–H groups in total. The van der Waals surface area contributed by atoms with Crippen molar-refractivity contribution < 1.29 is 9.59 Å². The van der Waals surface area contributed by atoms with Gasteiger partial charge in [-0.15, -0.1) is 35.1 Å². The summed E-state index contributed by atoms with van der Waals surface area (Å²) in [5.41, 5.74) is -0.798. The molecule has 0 spiro atoms. The number of nitrogens with zero attached hydrogens (tertiary/aromatic N) is 4. The van der Waals surface area contributed by atoms with Gasteiger partial charge < -0.3 is 14.5 Å². The lowest BCUT2D eigenvalue weighted by Gasteiger charge is -2.21. The number of nitrogens with one attached hydrogen (secondary N) is 1. The van der Waals surface area contributed by atoms with Gasteiger partial charge in [0.25, 0.3) is 5.91 Å². The van der Waals surface area contributed by atoms with Crippen LogP contribution in [-0.2, 0) is 23.7 Å². The van der Waals surface area contributed by atoms with E-state index >= 15 is 0 Å². The zero-order chi connectivity index (χ0) is 17.2. The summed E-state index contributed by atoms with van der Waals surface area (Å²) in [6.45, 7) is 1.17. The van der Waals surface area contributed by atoms with Gasteiger partial charge >= 0.3 is 0 Å². The van der Waals surface area contributed by atoms with Gasteiger partial charge in [-0.05, 0) is 13.0 Å². The van der Waals surface area contributed by atoms with E-state index in [0.29, 0.717) is 29.1 Å². The molecule has 1 aliphatic rings. The fraction of sp³-hybridized carbons (Fsp3) is 0.467. The summed E-state index contributed by atoms with van der Waals surface area (Å²) in [4.78, 5) is 34.8. The molecule has 0 saturated carbocycles. The van der Waals surface area contributed by atoms with Crippen LogP contribution in [0, 0.1) is 5.41 Å². The van der Waals surface area contributed by atoms with Gasteiger partial charge in [-0.1, -0.05) is 0 Å². The van der Waals surface area contributed by atoms with Crippen LogP contribution in [0.15, 0.2) is 33.1 Å². The van der Waals surface area contributed by atoms with Crippen LogP contribution in [0.2, 0.25) is 0 Å². The third-order valence-corrected chi connectivity index (χ3v) is 5.82. The molecule has 0 bridgehead atoms. The molecule has 136 valence electrons. The molecule has 7 nitrogen and oxygen atoms in total. The van der Waals surface area contributed by atoms with Crippen molar-refractivity contribution in [1.29, 1.82) is 0 Å². The molecule has 10 heteroatoms. The number of carbonyl (C=O) groups is 2. The Morgan fingerprint density at radius 2 is 1.76 bits per heavy atom. The zero-order valence-corrected chi connectivity index (χ0v) is 16.4. The maximum atomic E-state index is 12.8. The number of rotatable bonds is 3. The number of thiazole rings is 2. The van der Waals surface area contributed by atoms with Gasteiger partial charge in [0.15, 0.2) is 9.60 Å². The van der Waals surface area contributed by atoms with E-state index in [1.54, 1.807) is 9.13 Å². The van der Waals surface area contributed by atoms with E-state index in [2.05, 4.69) is 15.3 Å². The standard InChI is InChI=1S/C15H19N5O2S2.ClH/c1-19-5-7-23-13(19)17-11(21)9-15(3-4-16-10-15)12(22)18-14-20(2)6-8-24-14;/h5-8,16H,3-4,9-10H2,1-2H3;1H. The van der Waals surface area contributed by atoms with Gasteiger partial charge in [0.2, 0.25) is 5.91 Å². The van der Waals surface area contributed by atoms with Gasteiger partial charge in [-0.3, -0.25) is 9.59 Å². The van der Waals surface area contributed by atoms with E-state index in [1.807, 2.05) is 37.2 Å². The average Bonchev–Trinajstić information content (AvgIpc) is 3.25. The zero-order valence-electron chi connectivity index (χ0n) is 14.0. The van der Waals surface area contributed by atoms with Crippen molar-refractivity contribution in [1.82, 2.24) is 14.5 Å². The van der Waals surface area contributed by atoms with Crippen LogP contribution in [0.4, 0.5) is 0 Å². The van der Waals surface area contributed by atoms with E-state index in [-0.39, 0.29) is 30.6 Å². The fourth-order valence-electron chi connectivity index (χ4n) is 2.66. The number of hydrogen-bond acceptors (Lipinski definition) is 5. The third-order valence-electron chi connectivity index (χ3n) is 4.12. The van der Waals surface area contributed by atoms with Gasteiger partial charge in [-0.25, -0.2) is 0 Å². The first-order valence-electron chi connectivity index (χ1n) is 7.58. The number of aromatic nitrogens is 2. The van der Waals surface area contributed by atoms with Crippen LogP contribution in [0.5, 0.6) is 0 Å². The molecule has 0 aliphatic carbocycles. The Labute approximate surface area is 159 Å². The van der Waals surface area contributed by atoms with Crippen LogP contribution in [0.1, 0.15) is 12.8 Å². The quantitative estimate of drug-likeness (QED) is 0.827. The van der Waals surface area contributed by atoms with Gasteiger partial charge in [0.1, 0.15) is 0 Å². The van der Waals surface area contributed by atoms with Crippen molar-refractivity contribution in [3.8, 4) is 0 Å². The number of halogens is 1. The molecule has 2 aromatic rings. The molecule has 2 aromatic heterocycles. The van der Waals surface area contributed by atoms with E-state index in [9.17, 15) is 9.59 Å². The summed E-state index contributed by atoms with van der Waals surface area (Å²) >= 11 is 2.80. The molecular formula is C15H20ClN5O2S2. The molecular weight excluding hydrogens is 382 g/mol. The molecule has 1 saturated heterocycles. The van der Waals surface area contributed by atoms with Crippen molar-refractivity contribution in [3.63, 3.8) is 0 Å². The van der Waals surface area contributed by atoms with Crippen molar-refractivity contribution in [3.05, 3.63) is 32.8 Å². The van der Waals surface area contributed by atoms with Crippen molar-refractivity contribution in [2.24, 2.45) is 29.5 Å². The second-order valence-corrected chi connectivity index (χ2v) is 7.65. The summed E-state index contributed by atoms with van der Waals surface area (Å²) in [5.74, 6) is -0.527. The highest BCUT2D eigenvalue weighted by atomic mass is 35.5. The number of amides is 2. The molecule has 3 heterocycles. The van der Waals surface area contributed by atoms with Gasteiger partial charge in [0.05, 0.1) is 5.41 Å². The van der Waals surface area contributed by atoms with Crippen LogP contribution in [0.25, 0.3) is 0 Å². The lowest BCUT2D eigenvalue weighted by atomic mass is 9.82. The summed E-state index contributed by atoms with van der Waals surface area (Å²) in [5, 5.41) is 6.93. The number of aryl methyl sites for hydroxylation is 2. The molecule has 25 heavy (non-hydrogen) atoms. The summed E-state index contributed by atoms with van der Waals surface area (Å²) in [6, 6.07) is 0. The average molecular weight is 402 g/mol. The van der Waals surface area contributed by atoms with E-state index in [0.717, 1.165) is 0 Å². The monoisotopic (exact) mass is 401 g/mol. The Kier molecular flexibility index (Phi) is 6.50. The van der Waals surface area contributed by atoms with Gasteiger partial charge in [0, 0.05) is 50.2 Å². The molecule has 1 fully saturated rings. The smallest absolute Gasteiger partial charge is 0.256 e. The number of carbonyl (C=O) groups excluding carboxylic acids is 2. The summed E-state index contributed by atoms with van der Waals surface area (Å²) in [6.07, 6.45) is 4.38. The molecule has 3 rings (SSSR count). The number of hydrogen-bond donors (Lipinski definition) is 1.